The zero-order valence-electron chi connectivity index (χ0n) is 78.1. The molecule has 0 bridgehead atoms. The van der Waals surface area contributed by atoms with Gasteiger partial charge < -0.3 is 279 Å². The molecule has 5 amide bonds. The first-order valence-electron chi connectivity index (χ1n) is 45.8. The molecule has 11 fully saturated rings. The summed E-state index contributed by atoms with van der Waals surface area (Å²) < 4.78 is 163. The summed E-state index contributed by atoms with van der Waals surface area (Å²) in [5, 5.41) is 351. The molecule has 0 aromatic heterocycles. The number of carbonyl (C=O) groups is 6. The van der Waals surface area contributed by atoms with Gasteiger partial charge in [0, 0.05) is 41.0 Å². The number of amides is 5. The first kappa shape index (κ1) is 121. The fourth-order valence-electron chi connectivity index (χ4n) is 18.6. The van der Waals surface area contributed by atoms with E-state index in [0.29, 0.717) is 0 Å². The molecule has 146 heavy (non-hydrogen) atoms. The highest BCUT2D eigenvalue weighted by Gasteiger charge is 2.65. The average Bonchev–Trinajstić information content (AvgIpc) is 0.783. The fourth-order valence-corrected chi connectivity index (χ4v) is 19.1. The highest BCUT2D eigenvalue weighted by Crippen LogP contribution is 2.44. The van der Waals surface area contributed by atoms with Crippen LogP contribution in [-0.2, 0) is 143 Å². The van der Waals surface area contributed by atoms with Gasteiger partial charge in [-0.3, -0.25) is 28.5 Å². The number of aliphatic hydroxyl groups excluding tert-OH is 29. The minimum atomic E-state index is -5.56. The van der Waals surface area contributed by atoms with Crippen molar-refractivity contribution in [1.82, 2.24) is 26.6 Å². The minimum Gasteiger partial charge on any atom is -0.477 e. The van der Waals surface area contributed by atoms with Crippen LogP contribution in [0.3, 0.4) is 0 Å². The van der Waals surface area contributed by atoms with Crippen molar-refractivity contribution in [2.75, 3.05) is 66.1 Å². The molecule has 11 heterocycles. The number of carboxylic acid groups (broad SMARTS) is 1. The van der Waals surface area contributed by atoms with Crippen LogP contribution in [0.15, 0.2) is 0 Å². The monoisotopic (exact) mass is 2160 g/mol. The Morgan fingerprint density at radius 1 is 0.329 bits per heavy atom. The van der Waals surface area contributed by atoms with Gasteiger partial charge in [0.1, 0.15) is 256 Å². The summed E-state index contributed by atoms with van der Waals surface area (Å²) in [5.74, 6) is -10.5. The molecule has 0 spiro atoms. The van der Waals surface area contributed by atoms with E-state index in [0.717, 1.165) is 34.6 Å². The van der Waals surface area contributed by atoms with E-state index in [-0.39, 0.29) is 0 Å². The molecule has 11 aliphatic rings. The summed E-state index contributed by atoms with van der Waals surface area (Å²) in [5.41, 5.74) is 0. The van der Waals surface area contributed by atoms with Crippen molar-refractivity contribution in [3.05, 3.63) is 0 Å². The predicted molar refractivity (Wildman–Crippen MR) is 447 cm³/mol. The van der Waals surface area contributed by atoms with Crippen molar-refractivity contribution >= 4 is 45.9 Å². The van der Waals surface area contributed by atoms with Crippen LogP contribution in [0.1, 0.15) is 48.0 Å². The average molecular weight is 2160 g/mol. The van der Waals surface area contributed by atoms with Crippen molar-refractivity contribution in [3.63, 3.8) is 0 Å². The zero-order chi connectivity index (χ0) is 108. The van der Waals surface area contributed by atoms with Crippen molar-refractivity contribution in [2.45, 2.75) is 391 Å². The Morgan fingerprint density at radius 2 is 0.658 bits per heavy atom. The number of nitrogens with one attached hydrogen (secondary N) is 5. The Morgan fingerprint density at radius 3 is 1.08 bits per heavy atom. The minimum absolute atomic E-state index is 0.844. The molecule has 56 atom stereocenters. The van der Waals surface area contributed by atoms with E-state index >= 15 is 0 Å². The third-order valence-corrected chi connectivity index (χ3v) is 26.6. The Labute approximate surface area is 825 Å². The molecule has 11 saturated heterocycles. The second-order valence-electron chi connectivity index (χ2n) is 36.5. The zero-order valence-corrected chi connectivity index (χ0v) is 78.9. The van der Waals surface area contributed by atoms with Gasteiger partial charge in [-0.25, -0.2) is 8.98 Å². The molecule has 0 aromatic rings. The lowest BCUT2D eigenvalue weighted by molar-refractivity contribution is -0.399. The molecule has 0 aliphatic carbocycles. The van der Waals surface area contributed by atoms with E-state index in [4.69, 9.17) is 99.5 Å². The maximum absolute atomic E-state index is 13.4. The fraction of sp³-hybridized carbons (Fsp3) is 0.924. The van der Waals surface area contributed by atoms with Crippen LogP contribution in [-0.4, -0.2) is 611 Å². The van der Waals surface area contributed by atoms with Crippen molar-refractivity contribution in [1.29, 1.82) is 0 Å². The van der Waals surface area contributed by atoms with Crippen molar-refractivity contribution in [3.8, 4) is 0 Å². The number of carbonyl (C=O) groups excluding carboxylic acids is 5. The molecule has 0 saturated carbocycles. The summed E-state index contributed by atoms with van der Waals surface area (Å²) in [6, 6.07) is -10.00. The van der Waals surface area contributed by atoms with E-state index in [1.807, 2.05) is 0 Å². The van der Waals surface area contributed by atoms with Gasteiger partial charge >= 0.3 is 16.4 Å². The molecule has 844 valence electrons. The molecular formula is C79H131N5O61S. The molecule has 11 rings (SSSR count). The quantitative estimate of drug-likeness (QED) is 0.0253. The second-order valence-corrected chi connectivity index (χ2v) is 37.5. The lowest BCUT2D eigenvalue weighted by atomic mass is 9.88. The van der Waals surface area contributed by atoms with Crippen LogP contribution in [0.25, 0.3) is 0 Å². The molecule has 0 radical (unpaired) electrons. The molecule has 66 nitrogen and oxygen atoms in total. The molecular weight excluding hydrogens is 2030 g/mol. The van der Waals surface area contributed by atoms with E-state index in [2.05, 4.69) is 30.8 Å². The topological polar surface area (TPSA) is 1030 Å². The van der Waals surface area contributed by atoms with E-state index in [9.17, 15) is 195 Å². The van der Waals surface area contributed by atoms with Crippen LogP contribution in [0.2, 0.25) is 0 Å². The van der Waals surface area contributed by atoms with Crippen LogP contribution in [0.4, 0.5) is 0 Å². The van der Waals surface area contributed by atoms with Gasteiger partial charge in [-0.15, -0.1) is 0 Å². The van der Waals surface area contributed by atoms with Crippen molar-refractivity contribution < 1.29 is 299 Å². The van der Waals surface area contributed by atoms with Crippen LogP contribution < -0.4 is 26.6 Å². The van der Waals surface area contributed by atoms with Crippen LogP contribution in [0, 0.1) is 0 Å². The number of hydrogen-bond donors (Lipinski definition) is 36. The van der Waals surface area contributed by atoms with E-state index in [1.165, 1.54) is 6.92 Å². The summed E-state index contributed by atoms with van der Waals surface area (Å²) in [4.78, 5) is 78.0. The second kappa shape index (κ2) is 51.8. The number of hydrogen-bond acceptors (Lipinski definition) is 59. The van der Waals surface area contributed by atoms with Gasteiger partial charge in [-0.1, -0.05) is 0 Å². The van der Waals surface area contributed by atoms with Gasteiger partial charge in [0.2, 0.25) is 29.5 Å². The number of ether oxygens (including phenoxy) is 21. The van der Waals surface area contributed by atoms with Gasteiger partial charge in [0.25, 0.3) is 5.79 Å². The highest BCUT2D eigenvalue weighted by molar-refractivity contribution is 7.80. The standard InChI is InChI=1S/C79H131N5O61S/c1-18-40(100)51(111)54(114)72(126-18)124-17-34-61(47(107)36(68(118)127-34)81-20(3)94)136-69-37(82-21(4)95)48(108)58(30(13-90)132-69)137-73-55(115)63(140-77-67(53(113)43(103)27(10-87)131-77)142-71-39(84-23(6)97)50(110)60(32(15-92)134-71)139-75-57(117)65(145-146(121,122)123)45(105)29(12-89)129-75)46(106)33(135-73)16-125-76-66(52(112)42(102)26(9-86)130-76)141-70-38(83-22(5)96)49(109)59(31(14-91)133-70)138-74-56(116)64(44(104)28(11-88)128-74)144-79(78(119)120)7-24(98)35(80-19(2)93)62(143-79)41(101)25(99)8-85/h18,24-77,85-92,98-118H,7-17H2,1-6H3,(H,80,93)(H,81,94)(H,82,95)(H,83,96)(H,84,97)(H,119,120)(H,121,122,123)/t18-,24-,25+,26+,27+,28+,29+,30+,31+,32+,33+,34+,35+,36+,37+,38+,39-,40+,41+,42+,43+,44-,45-,46+,47+,48+,49+,50+,51+,52-,53-,54-,55-,56+,57+,58+,59+,60+,61+,62+,63-,64-,65-,66-,67-,68+,69-,70-,71-,72+,73-,74-,75-,76-,77+,79-/m0/s1. The highest BCUT2D eigenvalue weighted by atomic mass is 32.3. The van der Waals surface area contributed by atoms with Crippen LogP contribution >= 0.6 is 0 Å². The van der Waals surface area contributed by atoms with Gasteiger partial charge in [0.05, 0.1) is 84.3 Å². The van der Waals surface area contributed by atoms with Crippen LogP contribution in [0.5, 0.6) is 0 Å². The Bertz CT molecular complexity index is 4300. The SMILES string of the molecule is CC(=O)N[C@@H]1[C@H](O[C@@H]2[C@@H](O[C@@H]3[C@H](O)[C@H](O[C@H]4[C@H](O)[C@@H](NC(C)=O)[C@H](O[C@H]5[C@H](O)[C@@H](NC(C)=O)[C@H](O)O[C@@H]5CO[C@@H]5O[C@@H](C)[C@@H](O)[C@@H](O)[C@@H]5O)O[C@@H]4CO)O[C@H](CO[C@H]4O[C@H](CO)[C@@H](O)[C@H](O)[C@@H]4O[C@@H]4O[C@H](CO)[C@@H](O[C@@H]5O[C@H](CO)[C@H](O)[C@H](O[C@]6(C(=O)O)C[C@H](O)[C@@H](NC(C)=O)[C@H]([C@H](O)[C@H](O)CO)O6)[C@H]5O)[C@H](O)[C@H]4NC(C)=O)[C@H]3O)O[C@H](CO)[C@@H](O)[C@@H]2O)O[C@H](CO)[C@@H](O[C@@H]2O[C@H](CO)[C@H](O)[C@H](OS(=O)(=O)O)[C@H]2O)[C@@H]1O. The molecule has 0 aromatic carbocycles. The Hall–Kier alpha value is -5.31. The van der Waals surface area contributed by atoms with Gasteiger partial charge in [-0.05, 0) is 6.92 Å². The first-order chi connectivity index (χ1) is 68.7. The third-order valence-electron chi connectivity index (χ3n) is 26.1. The Balaban J connectivity index is 0.919. The largest absolute Gasteiger partial charge is 0.477 e. The van der Waals surface area contributed by atoms with Gasteiger partial charge in [0.15, 0.2) is 62.9 Å². The van der Waals surface area contributed by atoms with Crippen molar-refractivity contribution in [2.24, 2.45) is 0 Å². The summed E-state index contributed by atoms with van der Waals surface area (Å²) in [6.07, 6.45) is -114. The number of carboxylic acids is 1. The lowest BCUT2D eigenvalue weighted by Crippen LogP contribution is -2.71. The number of aliphatic hydroxyl groups is 29. The molecule has 36 N–H and O–H groups in total. The van der Waals surface area contributed by atoms with E-state index < -0.39 is 461 Å². The lowest BCUT2D eigenvalue weighted by Gasteiger charge is -2.51. The number of rotatable bonds is 40. The molecule has 67 heteroatoms. The molecule has 11 aliphatic heterocycles. The summed E-state index contributed by atoms with van der Waals surface area (Å²) in [7, 11) is -5.56. The maximum Gasteiger partial charge on any atom is 0.397 e. The maximum atomic E-state index is 13.4. The molecule has 0 unspecified atom stereocenters. The van der Waals surface area contributed by atoms with Gasteiger partial charge in [-0.2, -0.15) is 8.42 Å². The first-order valence-corrected chi connectivity index (χ1v) is 47.2. The predicted octanol–water partition coefficient (Wildman–Crippen LogP) is -24.2. The van der Waals surface area contributed by atoms with E-state index in [1.54, 1.807) is 0 Å². The number of aliphatic carboxylic acids is 1. The normalized spacial score (nSPS) is 47.2. The smallest absolute Gasteiger partial charge is 0.397 e. The Kier molecular flexibility index (Phi) is 42.9. The summed E-state index contributed by atoms with van der Waals surface area (Å²) in [6.45, 7) is -6.73. The summed E-state index contributed by atoms with van der Waals surface area (Å²) >= 11 is 0. The third kappa shape index (κ3) is 27.2.